The van der Waals surface area contributed by atoms with E-state index in [4.69, 9.17) is 14.6 Å². The molecule has 11 heteroatoms. The molecule has 7 nitrogen and oxygen atoms in total. The van der Waals surface area contributed by atoms with Gasteiger partial charge >= 0.3 is 12.1 Å². The SMILES string of the molecule is O=C(NCC1CC1)C1CN(Cc2nccs2)CC12CCOCC2.O=C(O)C(F)(F)F. The molecule has 1 amide bonds. The lowest BCUT2D eigenvalue weighted by molar-refractivity contribution is -0.192. The molecule has 1 unspecified atom stereocenters. The number of hydrogen-bond donors (Lipinski definition) is 2. The molecule has 2 N–H and O–H groups in total. The number of aliphatic carboxylic acids is 1. The molecule has 2 saturated heterocycles. The Hall–Kier alpha value is -1.72. The Morgan fingerprint density at radius 2 is 2.00 bits per heavy atom. The maximum absolute atomic E-state index is 12.8. The van der Waals surface area contributed by atoms with E-state index in [1.165, 1.54) is 12.8 Å². The van der Waals surface area contributed by atoms with Crippen molar-refractivity contribution in [1.29, 1.82) is 0 Å². The van der Waals surface area contributed by atoms with E-state index in [2.05, 4.69) is 15.2 Å². The number of carboxylic acid groups (broad SMARTS) is 1. The average molecular weight is 449 g/mol. The lowest BCUT2D eigenvalue weighted by Crippen LogP contribution is -2.44. The Kier molecular flexibility index (Phi) is 7.35. The van der Waals surface area contributed by atoms with Crippen molar-refractivity contribution in [2.45, 2.75) is 38.4 Å². The fourth-order valence-electron chi connectivity index (χ4n) is 4.05. The zero-order chi connectivity index (χ0) is 21.8. The van der Waals surface area contributed by atoms with Crippen molar-refractivity contribution in [3.05, 3.63) is 16.6 Å². The van der Waals surface area contributed by atoms with E-state index in [1.54, 1.807) is 11.3 Å². The van der Waals surface area contributed by atoms with Crippen LogP contribution >= 0.6 is 11.3 Å². The normalized spacial score (nSPS) is 23.6. The van der Waals surface area contributed by atoms with Gasteiger partial charge in [-0.3, -0.25) is 9.69 Å². The highest BCUT2D eigenvalue weighted by Crippen LogP contribution is 2.45. The lowest BCUT2D eigenvalue weighted by Gasteiger charge is -2.37. The van der Waals surface area contributed by atoms with Gasteiger partial charge in [-0.2, -0.15) is 13.2 Å². The second-order valence-corrected chi connectivity index (χ2v) is 9.09. The van der Waals surface area contributed by atoms with Crippen LogP contribution < -0.4 is 5.32 Å². The maximum atomic E-state index is 12.8. The van der Waals surface area contributed by atoms with Gasteiger partial charge in [0.15, 0.2) is 0 Å². The van der Waals surface area contributed by atoms with Gasteiger partial charge in [0.05, 0.1) is 12.5 Å². The van der Waals surface area contributed by atoms with Gasteiger partial charge in [-0.25, -0.2) is 9.78 Å². The maximum Gasteiger partial charge on any atom is 0.490 e. The van der Waals surface area contributed by atoms with Crippen LogP contribution in [0.25, 0.3) is 0 Å². The van der Waals surface area contributed by atoms with Crippen LogP contribution in [0.2, 0.25) is 0 Å². The van der Waals surface area contributed by atoms with Gasteiger partial charge in [0, 0.05) is 49.8 Å². The molecule has 2 aliphatic heterocycles. The van der Waals surface area contributed by atoms with Gasteiger partial charge in [-0.05, 0) is 31.6 Å². The van der Waals surface area contributed by atoms with Gasteiger partial charge in [0.25, 0.3) is 0 Å². The first-order valence-corrected chi connectivity index (χ1v) is 10.8. The Morgan fingerprint density at radius 3 is 2.53 bits per heavy atom. The molecule has 30 heavy (non-hydrogen) atoms. The number of alkyl halides is 3. The number of halogens is 3. The molecular formula is C19H26F3N3O4S. The summed E-state index contributed by atoms with van der Waals surface area (Å²) in [5, 5.41) is 13.5. The smallest absolute Gasteiger partial charge is 0.475 e. The minimum atomic E-state index is -5.08. The number of carbonyl (C=O) groups excluding carboxylic acids is 1. The van der Waals surface area contributed by atoms with Crippen molar-refractivity contribution in [2.75, 3.05) is 32.8 Å². The van der Waals surface area contributed by atoms with Crippen LogP contribution in [0, 0.1) is 17.3 Å². The molecule has 3 heterocycles. The first-order chi connectivity index (χ1) is 14.2. The lowest BCUT2D eigenvalue weighted by atomic mass is 9.71. The van der Waals surface area contributed by atoms with Crippen LogP contribution in [0.5, 0.6) is 0 Å². The van der Waals surface area contributed by atoms with Crippen LogP contribution in [0.15, 0.2) is 11.6 Å². The van der Waals surface area contributed by atoms with Crippen molar-refractivity contribution in [1.82, 2.24) is 15.2 Å². The molecule has 3 aliphatic rings. The zero-order valence-corrected chi connectivity index (χ0v) is 17.3. The Labute approximate surface area is 176 Å². The Balaban J connectivity index is 0.000000318. The molecule has 0 aromatic carbocycles. The summed E-state index contributed by atoms with van der Waals surface area (Å²) in [6.45, 7) is 5.17. The number of carboxylic acids is 1. The number of hydrogen-bond acceptors (Lipinski definition) is 6. The van der Waals surface area contributed by atoms with Crippen molar-refractivity contribution >= 4 is 23.2 Å². The molecule has 1 aromatic rings. The van der Waals surface area contributed by atoms with Crippen molar-refractivity contribution in [3.8, 4) is 0 Å². The summed E-state index contributed by atoms with van der Waals surface area (Å²) >= 11 is 1.70. The molecule has 1 aliphatic carbocycles. The van der Waals surface area contributed by atoms with Crippen LogP contribution in [0.4, 0.5) is 13.2 Å². The summed E-state index contributed by atoms with van der Waals surface area (Å²) in [4.78, 5) is 28.5. The monoisotopic (exact) mass is 449 g/mol. The average Bonchev–Trinajstić information content (AvgIpc) is 3.27. The number of aromatic nitrogens is 1. The van der Waals surface area contributed by atoms with Crippen molar-refractivity contribution in [2.24, 2.45) is 17.3 Å². The fourth-order valence-corrected chi connectivity index (χ4v) is 4.71. The van der Waals surface area contributed by atoms with E-state index >= 15 is 0 Å². The van der Waals surface area contributed by atoms with E-state index in [-0.39, 0.29) is 17.2 Å². The van der Waals surface area contributed by atoms with E-state index in [1.807, 2.05) is 11.6 Å². The van der Waals surface area contributed by atoms with E-state index < -0.39 is 12.1 Å². The zero-order valence-electron chi connectivity index (χ0n) is 16.5. The number of carbonyl (C=O) groups is 2. The van der Waals surface area contributed by atoms with Gasteiger partial charge in [-0.1, -0.05) is 0 Å². The van der Waals surface area contributed by atoms with Gasteiger partial charge < -0.3 is 15.2 Å². The molecule has 1 spiro atoms. The first-order valence-electron chi connectivity index (χ1n) is 9.96. The highest BCUT2D eigenvalue weighted by atomic mass is 32.1. The molecule has 168 valence electrons. The number of ether oxygens (including phenoxy) is 1. The fraction of sp³-hybridized carbons (Fsp3) is 0.737. The third-order valence-electron chi connectivity index (χ3n) is 5.87. The quantitative estimate of drug-likeness (QED) is 0.718. The summed E-state index contributed by atoms with van der Waals surface area (Å²) in [6.07, 6.45) is 1.34. The first kappa shape index (κ1) is 23.0. The molecule has 0 radical (unpaired) electrons. The van der Waals surface area contributed by atoms with E-state index in [0.29, 0.717) is 0 Å². The molecule has 4 rings (SSSR count). The molecule has 3 fully saturated rings. The third-order valence-corrected chi connectivity index (χ3v) is 6.63. The molecule has 1 atom stereocenters. The molecular weight excluding hydrogens is 423 g/mol. The van der Waals surface area contributed by atoms with Crippen molar-refractivity contribution < 1.29 is 32.6 Å². The summed E-state index contributed by atoms with van der Waals surface area (Å²) < 4.78 is 37.3. The van der Waals surface area contributed by atoms with Crippen LogP contribution in [0.3, 0.4) is 0 Å². The minimum Gasteiger partial charge on any atom is -0.475 e. The van der Waals surface area contributed by atoms with Crippen LogP contribution in [-0.2, 0) is 20.9 Å². The standard InChI is InChI=1S/C17H25N3O2S.C2HF3O2/c21-16(19-9-13-1-2-13)14-10-20(11-15-18-5-8-23-15)12-17(14)3-6-22-7-4-17;3-2(4,5)1(6)7/h5,8,13-14H,1-4,6-7,9-12H2,(H,19,21);(H,6,7). The molecule has 1 aromatic heterocycles. The number of nitrogens with zero attached hydrogens (tertiary/aromatic N) is 2. The third kappa shape index (κ3) is 6.14. The largest absolute Gasteiger partial charge is 0.490 e. The summed E-state index contributed by atoms with van der Waals surface area (Å²) in [6, 6.07) is 0. The molecule has 0 bridgehead atoms. The summed E-state index contributed by atoms with van der Waals surface area (Å²) in [5.41, 5.74) is 0.100. The topological polar surface area (TPSA) is 91.8 Å². The number of nitrogens with one attached hydrogen (secondary N) is 1. The highest BCUT2D eigenvalue weighted by molar-refractivity contribution is 7.09. The predicted octanol–water partition coefficient (Wildman–Crippen LogP) is 2.53. The molecule has 1 saturated carbocycles. The van der Waals surface area contributed by atoms with E-state index in [0.717, 1.165) is 63.2 Å². The van der Waals surface area contributed by atoms with E-state index in [9.17, 15) is 18.0 Å². The summed E-state index contributed by atoms with van der Waals surface area (Å²) in [7, 11) is 0. The number of thiazole rings is 1. The Bertz CT molecular complexity index is 719. The number of amides is 1. The van der Waals surface area contributed by atoms with Crippen LogP contribution in [-0.4, -0.2) is 65.9 Å². The predicted molar refractivity (Wildman–Crippen MR) is 103 cm³/mol. The Morgan fingerprint density at radius 1 is 1.33 bits per heavy atom. The van der Waals surface area contributed by atoms with Crippen LogP contribution in [0.1, 0.15) is 30.7 Å². The number of rotatable bonds is 5. The summed E-state index contributed by atoms with van der Waals surface area (Å²) in [5.74, 6) is -1.66. The van der Waals surface area contributed by atoms with Gasteiger partial charge in [0.2, 0.25) is 5.91 Å². The number of likely N-dealkylation sites (tertiary alicyclic amines) is 1. The van der Waals surface area contributed by atoms with Gasteiger partial charge in [0.1, 0.15) is 5.01 Å². The highest BCUT2D eigenvalue weighted by Gasteiger charge is 2.50. The van der Waals surface area contributed by atoms with Gasteiger partial charge in [-0.15, -0.1) is 11.3 Å². The minimum absolute atomic E-state index is 0.100. The second kappa shape index (κ2) is 9.61. The van der Waals surface area contributed by atoms with Crippen molar-refractivity contribution in [3.63, 3.8) is 0 Å². The second-order valence-electron chi connectivity index (χ2n) is 8.11.